The molecule has 4 aromatic rings. The van der Waals surface area contributed by atoms with Gasteiger partial charge in [-0.2, -0.15) is 5.10 Å². The molecule has 2 heterocycles. The van der Waals surface area contributed by atoms with Crippen molar-refractivity contribution in [3.8, 4) is 5.88 Å². The van der Waals surface area contributed by atoms with Crippen molar-refractivity contribution in [3.05, 3.63) is 76.6 Å². The van der Waals surface area contributed by atoms with Crippen LogP contribution in [0.4, 0.5) is 5.69 Å². The van der Waals surface area contributed by atoms with E-state index < -0.39 is 0 Å². The zero-order valence-electron chi connectivity index (χ0n) is 16.3. The minimum atomic E-state index is -0.292. The van der Waals surface area contributed by atoms with Gasteiger partial charge >= 0.3 is 0 Å². The first-order chi connectivity index (χ1) is 14.4. The Kier molecular flexibility index (Phi) is 4.67. The van der Waals surface area contributed by atoms with Crippen molar-refractivity contribution >= 4 is 34.6 Å². The SMILES string of the molecule is Cc1cc(C(=O)Nc2ccc(C(=O)c3ccc4c(C=O)c(O)[nH]c4c3)cc2)n(C)n1. The van der Waals surface area contributed by atoms with Gasteiger partial charge in [0.15, 0.2) is 17.9 Å². The number of benzene rings is 2. The lowest BCUT2D eigenvalue weighted by Crippen LogP contribution is -2.16. The van der Waals surface area contributed by atoms with E-state index in [2.05, 4.69) is 15.4 Å². The van der Waals surface area contributed by atoms with Gasteiger partial charge in [-0.05, 0) is 43.3 Å². The Balaban J connectivity index is 1.54. The summed E-state index contributed by atoms with van der Waals surface area (Å²) in [5, 5.41) is 17.2. The van der Waals surface area contributed by atoms with Crippen molar-refractivity contribution in [2.45, 2.75) is 6.92 Å². The predicted molar refractivity (Wildman–Crippen MR) is 111 cm³/mol. The van der Waals surface area contributed by atoms with Crippen LogP contribution < -0.4 is 5.32 Å². The minimum Gasteiger partial charge on any atom is -0.494 e. The highest BCUT2D eigenvalue weighted by Gasteiger charge is 2.15. The summed E-state index contributed by atoms with van der Waals surface area (Å²) in [6.07, 6.45) is 0.565. The Labute approximate surface area is 171 Å². The zero-order valence-corrected chi connectivity index (χ0v) is 16.3. The van der Waals surface area contributed by atoms with E-state index in [1.807, 2.05) is 6.92 Å². The fourth-order valence-electron chi connectivity index (χ4n) is 3.36. The van der Waals surface area contributed by atoms with Gasteiger partial charge in [-0.15, -0.1) is 0 Å². The molecule has 0 bridgehead atoms. The second-order valence-corrected chi connectivity index (χ2v) is 6.92. The molecule has 0 fully saturated rings. The van der Waals surface area contributed by atoms with Crippen LogP contribution in [-0.2, 0) is 7.05 Å². The quantitative estimate of drug-likeness (QED) is 0.350. The molecule has 0 saturated carbocycles. The first-order valence-electron chi connectivity index (χ1n) is 9.14. The lowest BCUT2D eigenvalue weighted by molar-refractivity contribution is 0.101. The number of hydrogen-bond acceptors (Lipinski definition) is 5. The third kappa shape index (κ3) is 3.35. The molecule has 3 N–H and O–H groups in total. The van der Waals surface area contributed by atoms with Crippen molar-refractivity contribution in [2.24, 2.45) is 7.05 Å². The van der Waals surface area contributed by atoms with Crippen molar-refractivity contribution in [1.29, 1.82) is 0 Å². The van der Waals surface area contributed by atoms with Crippen molar-refractivity contribution in [2.75, 3.05) is 5.32 Å². The molecule has 0 spiro atoms. The van der Waals surface area contributed by atoms with Crippen molar-refractivity contribution in [1.82, 2.24) is 14.8 Å². The van der Waals surface area contributed by atoms with E-state index in [-0.39, 0.29) is 23.1 Å². The maximum Gasteiger partial charge on any atom is 0.273 e. The maximum atomic E-state index is 12.8. The highest BCUT2D eigenvalue weighted by Crippen LogP contribution is 2.27. The number of aryl methyl sites for hydroxylation is 2. The van der Waals surface area contributed by atoms with E-state index >= 15 is 0 Å². The number of H-pyrrole nitrogens is 1. The molecule has 150 valence electrons. The molecule has 0 aliphatic rings. The van der Waals surface area contributed by atoms with E-state index in [9.17, 15) is 19.5 Å². The van der Waals surface area contributed by atoms with Gasteiger partial charge < -0.3 is 15.4 Å². The number of amides is 1. The number of aldehydes is 1. The molecule has 1 amide bonds. The number of carbonyl (C=O) groups is 3. The van der Waals surface area contributed by atoms with Gasteiger partial charge in [0.2, 0.25) is 0 Å². The van der Waals surface area contributed by atoms with Crippen LogP contribution in [0.1, 0.15) is 42.5 Å². The summed E-state index contributed by atoms with van der Waals surface area (Å²) in [6, 6.07) is 13.1. The largest absolute Gasteiger partial charge is 0.494 e. The van der Waals surface area contributed by atoms with Gasteiger partial charge in [-0.1, -0.05) is 12.1 Å². The number of aromatic nitrogens is 3. The van der Waals surface area contributed by atoms with Crippen LogP contribution in [0.2, 0.25) is 0 Å². The lowest BCUT2D eigenvalue weighted by atomic mass is 10.0. The molecule has 2 aromatic heterocycles. The molecule has 8 nitrogen and oxygen atoms in total. The smallest absolute Gasteiger partial charge is 0.273 e. The topological polar surface area (TPSA) is 117 Å². The molecule has 0 aliphatic heterocycles. The van der Waals surface area contributed by atoms with Gasteiger partial charge in [0.25, 0.3) is 5.91 Å². The fourth-order valence-corrected chi connectivity index (χ4v) is 3.36. The van der Waals surface area contributed by atoms with Crippen LogP contribution in [0.3, 0.4) is 0 Å². The van der Waals surface area contributed by atoms with Crippen LogP contribution in [-0.4, -0.2) is 37.8 Å². The number of fused-ring (bicyclic) bond motifs is 1. The van der Waals surface area contributed by atoms with Gasteiger partial charge in [-0.25, -0.2) is 0 Å². The van der Waals surface area contributed by atoms with Gasteiger partial charge in [0.05, 0.1) is 11.3 Å². The number of anilines is 1. The molecule has 0 saturated heterocycles. The summed E-state index contributed by atoms with van der Waals surface area (Å²) in [5.74, 6) is -0.743. The number of aromatic amines is 1. The minimum absolute atomic E-state index is 0.160. The summed E-state index contributed by atoms with van der Waals surface area (Å²) in [7, 11) is 1.70. The van der Waals surface area contributed by atoms with Gasteiger partial charge in [0, 0.05) is 34.8 Å². The Morgan fingerprint density at radius 3 is 2.43 bits per heavy atom. The highest BCUT2D eigenvalue weighted by molar-refractivity contribution is 6.12. The molecular formula is C22H18N4O4. The third-order valence-electron chi connectivity index (χ3n) is 4.84. The molecular weight excluding hydrogens is 384 g/mol. The van der Waals surface area contributed by atoms with Crippen LogP contribution in [0, 0.1) is 6.92 Å². The zero-order chi connectivity index (χ0) is 21.4. The monoisotopic (exact) mass is 402 g/mol. The number of ketones is 1. The molecule has 0 radical (unpaired) electrons. The third-order valence-corrected chi connectivity index (χ3v) is 4.84. The second kappa shape index (κ2) is 7.32. The summed E-state index contributed by atoms with van der Waals surface area (Å²) in [5.41, 5.74) is 3.24. The predicted octanol–water partition coefficient (Wildman–Crippen LogP) is 3.21. The summed E-state index contributed by atoms with van der Waals surface area (Å²) < 4.78 is 1.51. The van der Waals surface area contributed by atoms with Gasteiger partial charge in [0.1, 0.15) is 5.69 Å². The fraction of sp³-hybridized carbons (Fsp3) is 0.0909. The molecule has 30 heavy (non-hydrogen) atoms. The van der Waals surface area contributed by atoms with Crippen molar-refractivity contribution in [3.63, 3.8) is 0 Å². The Morgan fingerprint density at radius 1 is 1.10 bits per heavy atom. The van der Waals surface area contributed by atoms with E-state index in [1.54, 1.807) is 55.6 Å². The molecule has 0 aliphatic carbocycles. The van der Waals surface area contributed by atoms with Gasteiger partial charge in [-0.3, -0.25) is 19.1 Å². The summed E-state index contributed by atoms with van der Waals surface area (Å²) in [6.45, 7) is 1.81. The lowest BCUT2D eigenvalue weighted by Gasteiger charge is -2.07. The van der Waals surface area contributed by atoms with E-state index in [0.717, 1.165) is 5.69 Å². The summed E-state index contributed by atoms with van der Waals surface area (Å²) >= 11 is 0. The Bertz CT molecular complexity index is 1300. The molecule has 0 atom stereocenters. The standard InChI is InChI=1S/C22H18N4O4/c1-12-9-19(26(2)25-12)22(30)23-15-6-3-13(4-7-15)20(28)14-5-8-16-17(11-27)21(29)24-18(16)10-14/h3-11,24,29H,1-2H3,(H,23,30). The number of carbonyl (C=O) groups excluding carboxylic acids is 3. The maximum absolute atomic E-state index is 12.8. The van der Waals surface area contributed by atoms with E-state index in [1.165, 1.54) is 4.68 Å². The van der Waals surface area contributed by atoms with Crippen molar-refractivity contribution < 1.29 is 19.5 Å². The average molecular weight is 402 g/mol. The molecule has 0 unspecified atom stereocenters. The van der Waals surface area contributed by atoms with Crippen LogP contribution >= 0.6 is 0 Å². The molecule has 8 heteroatoms. The van der Waals surface area contributed by atoms with Crippen LogP contribution in [0.15, 0.2) is 48.5 Å². The molecule has 4 rings (SSSR count). The number of nitrogens with one attached hydrogen (secondary N) is 2. The number of nitrogens with zero attached hydrogens (tertiary/aromatic N) is 2. The number of aromatic hydroxyl groups is 1. The Morgan fingerprint density at radius 2 is 1.80 bits per heavy atom. The Hall–Kier alpha value is -4.20. The van der Waals surface area contributed by atoms with E-state index in [4.69, 9.17) is 0 Å². The van der Waals surface area contributed by atoms with Crippen LogP contribution in [0.25, 0.3) is 10.9 Å². The first-order valence-corrected chi connectivity index (χ1v) is 9.14. The normalized spacial score (nSPS) is 10.9. The first kappa shape index (κ1) is 19.1. The number of rotatable bonds is 5. The summed E-state index contributed by atoms with van der Waals surface area (Å²) in [4.78, 5) is 39.0. The molecule has 2 aromatic carbocycles. The van der Waals surface area contributed by atoms with Crippen LogP contribution in [0.5, 0.6) is 5.88 Å². The average Bonchev–Trinajstić information content (AvgIpc) is 3.24. The second-order valence-electron chi connectivity index (χ2n) is 6.92. The number of hydrogen-bond donors (Lipinski definition) is 3. The van der Waals surface area contributed by atoms with E-state index in [0.29, 0.717) is 39.7 Å². The highest BCUT2D eigenvalue weighted by atomic mass is 16.3.